The molecule has 0 bridgehead atoms. The molecule has 0 aromatic rings. The van der Waals surface area contributed by atoms with Gasteiger partial charge in [0, 0.05) is 0 Å². The van der Waals surface area contributed by atoms with E-state index in [1.807, 2.05) is 0 Å². The van der Waals surface area contributed by atoms with Crippen molar-refractivity contribution < 1.29 is 107 Å². The molecule has 0 rings (SSSR count). The third kappa shape index (κ3) is 284. The van der Waals surface area contributed by atoms with Crippen LogP contribution in [0.2, 0.25) is 0 Å². The molecule has 0 aromatic carbocycles. The Morgan fingerprint density at radius 1 is 0.917 bits per heavy atom. The second-order valence-electron chi connectivity index (χ2n) is 0.960. The van der Waals surface area contributed by atoms with Crippen LogP contribution in [0.25, 0.3) is 0 Å². The molecular formula is H3CuKO8P2. The smallest absolute Gasteiger partial charge is 0.822 e. The van der Waals surface area contributed by atoms with Crippen LogP contribution >= 0.6 is 15.6 Å². The third-order valence-electron chi connectivity index (χ3n) is 0. The van der Waals surface area contributed by atoms with Crippen molar-refractivity contribution in [2.75, 3.05) is 0 Å². The normalized spacial score (nSPS) is 9.83. The van der Waals surface area contributed by atoms with E-state index in [1.165, 1.54) is 0 Å². The fourth-order valence-electron chi connectivity index (χ4n) is 0. The zero-order valence-electron chi connectivity index (χ0n) is 5.58. The molecule has 12 heteroatoms. The van der Waals surface area contributed by atoms with Gasteiger partial charge < -0.3 is 33.9 Å². The quantitative estimate of drug-likeness (QED) is 0.293. The maximum absolute atomic E-state index is 8.88. The molecule has 3 N–H and O–H groups in total. The molecule has 8 nitrogen and oxygen atoms in total. The summed E-state index contributed by atoms with van der Waals surface area (Å²) in [5.74, 6) is 0. The van der Waals surface area contributed by atoms with Crippen LogP contribution in [0, 0.1) is 0 Å². The van der Waals surface area contributed by atoms with E-state index in [2.05, 4.69) is 0 Å². The zero-order chi connectivity index (χ0) is 9.00. The van der Waals surface area contributed by atoms with Crippen molar-refractivity contribution in [3.8, 4) is 0 Å². The molecule has 0 heterocycles. The Balaban J connectivity index is -0.0000000457. The van der Waals surface area contributed by atoms with Crippen molar-refractivity contribution in [1.82, 2.24) is 0 Å². The molecule has 0 spiro atoms. The molecule has 0 amide bonds. The molecule has 0 unspecified atom stereocenters. The summed E-state index contributed by atoms with van der Waals surface area (Å²) in [4.78, 5) is 47.2. The summed E-state index contributed by atoms with van der Waals surface area (Å²) in [6, 6.07) is 0. The summed E-state index contributed by atoms with van der Waals surface area (Å²) in [6.45, 7) is 0. The van der Waals surface area contributed by atoms with Crippen LogP contribution in [0.15, 0.2) is 0 Å². The molecule has 0 saturated carbocycles. The van der Waals surface area contributed by atoms with Crippen molar-refractivity contribution >= 4 is 15.6 Å². The van der Waals surface area contributed by atoms with E-state index < -0.39 is 15.6 Å². The molecule has 73 valence electrons. The maximum Gasteiger partial charge on any atom is 2.00 e. The van der Waals surface area contributed by atoms with E-state index in [0.29, 0.717) is 0 Å². The van der Waals surface area contributed by atoms with Gasteiger partial charge in [0.1, 0.15) is 0 Å². The topological polar surface area (TPSA) is 164 Å². The first-order valence-electron chi connectivity index (χ1n) is 1.51. The first-order valence-corrected chi connectivity index (χ1v) is 4.54. The van der Waals surface area contributed by atoms with Gasteiger partial charge in [-0.2, -0.15) is 7.82 Å². The van der Waals surface area contributed by atoms with Crippen molar-refractivity contribution in [3.05, 3.63) is 0 Å². The summed E-state index contributed by atoms with van der Waals surface area (Å²) < 4.78 is 17.4. The molecule has 12 heavy (non-hydrogen) atoms. The van der Waals surface area contributed by atoms with Gasteiger partial charge in [0.25, 0.3) is 0 Å². The Morgan fingerprint density at radius 3 is 0.917 bits per heavy atom. The second kappa shape index (κ2) is 9.91. The van der Waals surface area contributed by atoms with Crippen molar-refractivity contribution in [2.45, 2.75) is 0 Å². The van der Waals surface area contributed by atoms with E-state index in [0.717, 1.165) is 0 Å². The third-order valence-corrected chi connectivity index (χ3v) is 0. The van der Waals surface area contributed by atoms with Gasteiger partial charge >= 0.3 is 76.3 Å². The molecule has 0 fully saturated rings. The van der Waals surface area contributed by atoms with Gasteiger partial charge in [-0.15, -0.1) is 0 Å². The Morgan fingerprint density at radius 2 is 0.917 bits per heavy atom. The van der Waals surface area contributed by atoms with Gasteiger partial charge in [-0.3, -0.25) is 0 Å². The van der Waals surface area contributed by atoms with Crippen LogP contribution in [0.1, 0.15) is 0 Å². The molecule has 0 saturated heterocycles. The minimum absolute atomic E-state index is 0. The first-order chi connectivity index (χ1) is 4.00. The molecule has 0 atom stereocenters. The average Bonchev–Trinajstić information content (AvgIpc) is 1.12. The minimum atomic E-state index is -5.39. The van der Waals surface area contributed by atoms with E-state index >= 15 is 0 Å². The Hall–Kier alpha value is 2.38. The SMILES string of the molecule is O=P(O)(O)O.O=P([O-])([O-])[O-].[Cu+2].[K+]. The molecular weight excluding hydrogens is 293 g/mol. The standard InChI is InChI=1S/Cu.K.2H3O4P/c;;2*1-5(2,3)4/h;;2*(H3,1,2,3,4)/q+2;+1;;/p-3. The minimum Gasteiger partial charge on any atom is -0.822 e. The number of phosphoric acid groups is 2. The number of hydrogen-bond acceptors (Lipinski definition) is 5. The fourth-order valence-corrected chi connectivity index (χ4v) is 0. The van der Waals surface area contributed by atoms with Crippen LogP contribution < -0.4 is 66.1 Å². The summed E-state index contributed by atoms with van der Waals surface area (Å²) in [5.41, 5.74) is 0. The summed E-state index contributed by atoms with van der Waals surface area (Å²) in [6.07, 6.45) is 0. The number of rotatable bonds is 0. The van der Waals surface area contributed by atoms with Gasteiger partial charge in [-0.1, -0.05) is 0 Å². The van der Waals surface area contributed by atoms with Crippen molar-refractivity contribution in [3.63, 3.8) is 0 Å². The van der Waals surface area contributed by atoms with Gasteiger partial charge in [0.15, 0.2) is 0 Å². The average molecular weight is 296 g/mol. The summed E-state index contributed by atoms with van der Waals surface area (Å²) in [5, 5.41) is 0. The predicted molar refractivity (Wildman–Crippen MR) is 21.9 cm³/mol. The van der Waals surface area contributed by atoms with Crippen molar-refractivity contribution in [1.29, 1.82) is 0 Å². The molecule has 0 aromatic heterocycles. The number of hydrogen-bond donors (Lipinski definition) is 3. The second-order valence-corrected chi connectivity index (χ2v) is 2.88. The largest absolute Gasteiger partial charge is 2.00 e. The van der Waals surface area contributed by atoms with E-state index in [1.54, 1.807) is 0 Å². The monoisotopic (exact) mass is 295 g/mol. The predicted octanol–water partition coefficient (Wildman–Crippen LogP) is -6.75. The van der Waals surface area contributed by atoms with Gasteiger partial charge in [-0.25, -0.2) is 4.57 Å². The Bertz CT molecular complexity index is 129. The molecule has 0 aliphatic carbocycles. The Kier molecular flexibility index (Phi) is 19.7. The first kappa shape index (κ1) is 23.9. The van der Waals surface area contributed by atoms with E-state index in [-0.39, 0.29) is 68.5 Å². The van der Waals surface area contributed by atoms with Crippen LogP contribution in [0.4, 0.5) is 0 Å². The van der Waals surface area contributed by atoms with Gasteiger partial charge in [0.05, 0.1) is 0 Å². The fraction of sp³-hybridized carbons (Fsp3) is 0. The molecule has 0 aliphatic heterocycles. The Labute approximate surface area is 121 Å². The van der Waals surface area contributed by atoms with E-state index in [4.69, 9.17) is 38.5 Å². The maximum atomic E-state index is 8.88. The molecule has 1 radical (unpaired) electrons. The summed E-state index contributed by atoms with van der Waals surface area (Å²) >= 11 is 0. The van der Waals surface area contributed by atoms with Crippen LogP contribution in [-0.4, -0.2) is 14.7 Å². The molecule has 0 aliphatic rings. The van der Waals surface area contributed by atoms with Crippen LogP contribution in [0.5, 0.6) is 0 Å². The zero-order valence-corrected chi connectivity index (χ0v) is 11.4. The summed E-state index contributed by atoms with van der Waals surface area (Å²) in [7, 11) is -10.0. The van der Waals surface area contributed by atoms with Gasteiger partial charge in [0.2, 0.25) is 0 Å². The van der Waals surface area contributed by atoms with E-state index in [9.17, 15) is 0 Å². The van der Waals surface area contributed by atoms with Crippen LogP contribution in [0.3, 0.4) is 0 Å². The van der Waals surface area contributed by atoms with Crippen LogP contribution in [-0.2, 0) is 26.2 Å². The van der Waals surface area contributed by atoms with Crippen molar-refractivity contribution in [2.24, 2.45) is 0 Å². The van der Waals surface area contributed by atoms with Gasteiger partial charge in [-0.05, 0) is 0 Å².